The predicted octanol–water partition coefficient (Wildman–Crippen LogP) is 3.95. The normalized spacial score (nSPS) is 14.5. The van der Waals surface area contributed by atoms with E-state index in [1.165, 1.54) is 0 Å². The van der Waals surface area contributed by atoms with Crippen LogP contribution in [-0.2, 0) is 20.7 Å². The lowest BCUT2D eigenvalue weighted by molar-refractivity contribution is -0.156. The lowest BCUT2D eigenvalue weighted by atomic mass is 10.0. The Hall–Kier alpha value is -3.14. The molecule has 0 heterocycles. The van der Waals surface area contributed by atoms with Gasteiger partial charge in [0.05, 0.1) is 6.42 Å². The smallest absolute Gasteiger partial charge is 0.311 e. The zero-order valence-corrected chi connectivity index (χ0v) is 14.9. The molecule has 1 N–H and O–H groups in total. The Morgan fingerprint density at radius 1 is 0.926 bits per heavy atom. The van der Waals surface area contributed by atoms with E-state index in [9.17, 15) is 9.59 Å². The molecule has 0 unspecified atom stereocenters. The number of fused-ring (bicyclic) bond motifs is 1. The summed E-state index contributed by atoms with van der Waals surface area (Å²) in [6, 6.07) is 23.3. The largest absolute Gasteiger partial charge is 0.447 e. The summed E-state index contributed by atoms with van der Waals surface area (Å²) < 4.78 is 5.59. The third-order valence-electron chi connectivity index (χ3n) is 4.68. The number of esters is 1. The van der Waals surface area contributed by atoms with Gasteiger partial charge in [-0.2, -0.15) is 0 Å². The van der Waals surface area contributed by atoms with Crippen molar-refractivity contribution >= 4 is 22.6 Å². The highest BCUT2D eigenvalue weighted by molar-refractivity contribution is 5.87. The highest BCUT2D eigenvalue weighted by atomic mass is 16.5. The fourth-order valence-corrected chi connectivity index (χ4v) is 3.09. The van der Waals surface area contributed by atoms with Crippen molar-refractivity contribution in [2.45, 2.75) is 31.4 Å². The van der Waals surface area contributed by atoms with Crippen LogP contribution in [0.1, 0.15) is 30.1 Å². The highest BCUT2D eigenvalue weighted by Crippen LogP contribution is 2.24. The Morgan fingerprint density at radius 2 is 1.63 bits per heavy atom. The van der Waals surface area contributed by atoms with Crippen molar-refractivity contribution in [2.75, 3.05) is 0 Å². The average Bonchev–Trinajstić information content (AvgIpc) is 3.50. The van der Waals surface area contributed by atoms with Gasteiger partial charge < -0.3 is 10.1 Å². The van der Waals surface area contributed by atoms with Gasteiger partial charge in [0.25, 0.3) is 5.91 Å². The first-order valence-electron chi connectivity index (χ1n) is 9.21. The number of nitrogens with one attached hydrogen (secondary N) is 1. The van der Waals surface area contributed by atoms with Gasteiger partial charge in [0.15, 0.2) is 0 Å². The molecule has 4 rings (SSSR count). The number of carbonyl (C=O) groups excluding carboxylic acids is 2. The molecule has 136 valence electrons. The molecular weight excluding hydrogens is 338 g/mol. The molecule has 1 aliphatic rings. The SMILES string of the molecule is O=C(Cc1ccc2ccccc2c1)O[C@@H](C(=O)NC1CC1)c1ccccc1. The Labute approximate surface area is 158 Å². The molecule has 3 aromatic rings. The van der Waals surface area contributed by atoms with Gasteiger partial charge in [-0.3, -0.25) is 9.59 Å². The zero-order chi connectivity index (χ0) is 18.6. The van der Waals surface area contributed by atoms with Gasteiger partial charge >= 0.3 is 5.97 Å². The van der Waals surface area contributed by atoms with E-state index in [0.29, 0.717) is 5.56 Å². The van der Waals surface area contributed by atoms with Crippen LogP contribution >= 0.6 is 0 Å². The van der Waals surface area contributed by atoms with Crippen molar-refractivity contribution in [3.63, 3.8) is 0 Å². The minimum absolute atomic E-state index is 0.130. The van der Waals surface area contributed by atoms with Gasteiger partial charge in [0, 0.05) is 11.6 Å². The second-order valence-electron chi connectivity index (χ2n) is 6.92. The van der Waals surface area contributed by atoms with Crippen molar-refractivity contribution in [2.24, 2.45) is 0 Å². The van der Waals surface area contributed by atoms with E-state index in [1.54, 1.807) is 12.1 Å². The first kappa shape index (κ1) is 17.3. The quantitative estimate of drug-likeness (QED) is 0.678. The molecule has 0 radical (unpaired) electrons. The minimum Gasteiger partial charge on any atom is -0.447 e. The molecule has 0 bridgehead atoms. The summed E-state index contributed by atoms with van der Waals surface area (Å²) in [7, 11) is 0. The monoisotopic (exact) mass is 359 g/mol. The van der Waals surface area contributed by atoms with Crippen LogP contribution in [-0.4, -0.2) is 17.9 Å². The van der Waals surface area contributed by atoms with Gasteiger partial charge in [-0.25, -0.2) is 0 Å². The van der Waals surface area contributed by atoms with E-state index in [4.69, 9.17) is 4.74 Å². The molecule has 1 atom stereocenters. The Balaban J connectivity index is 1.49. The fraction of sp³-hybridized carbons (Fsp3) is 0.217. The van der Waals surface area contributed by atoms with E-state index in [-0.39, 0.29) is 18.4 Å². The van der Waals surface area contributed by atoms with Crippen molar-refractivity contribution in [3.8, 4) is 0 Å². The van der Waals surface area contributed by atoms with Crippen LogP contribution in [0.25, 0.3) is 10.8 Å². The van der Waals surface area contributed by atoms with Crippen LogP contribution in [0.15, 0.2) is 72.8 Å². The third kappa shape index (κ3) is 4.34. The standard InChI is InChI=1S/C23H21NO3/c25-21(15-16-10-11-17-6-4-5-9-19(17)14-16)27-22(18-7-2-1-3-8-18)23(26)24-20-12-13-20/h1-11,14,20,22H,12-13,15H2,(H,24,26)/t22-/m1/s1. The van der Waals surface area contributed by atoms with Crippen LogP contribution in [0.5, 0.6) is 0 Å². The van der Waals surface area contributed by atoms with E-state index >= 15 is 0 Å². The fourth-order valence-electron chi connectivity index (χ4n) is 3.09. The molecule has 1 aliphatic carbocycles. The summed E-state index contributed by atoms with van der Waals surface area (Å²) in [4.78, 5) is 25.1. The average molecular weight is 359 g/mol. The summed E-state index contributed by atoms with van der Waals surface area (Å²) in [5.74, 6) is -0.666. The highest BCUT2D eigenvalue weighted by Gasteiger charge is 2.30. The van der Waals surface area contributed by atoms with Crippen molar-refractivity contribution in [1.82, 2.24) is 5.32 Å². The molecule has 3 aromatic carbocycles. The van der Waals surface area contributed by atoms with E-state index in [0.717, 1.165) is 29.2 Å². The van der Waals surface area contributed by atoms with Crippen LogP contribution in [0.3, 0.4) is 0 Å². The Morgan fingerprint density at radius 3 is 2.37 bits per heavy atom. The second-order valence-corrected chi connectivity index (χ2v) is 6.92. The van der Waals surface area contributed by atoms with Gasteiger partial charge in [0.2, 0.25) is 6.10 Å². The Bertz CT molecular complexity index is 964. The lowest BCUT2D eigenvalue weighted by Crippen LogP contribution is -2.33. The maximum atomic E-state index is 12.6. The first-order chi connectivity index (χ1) is 13.2. The third-order valence-corrected chi connectivity index (χ3v) is 4.68. The molecule has 27 heavy (non-hydrogen) atoms. The zero-order valence-electron chi connectivity index (χ0n) is 14.9. The van der Waals surface area contributed by atoms with E-state index in [1.807, 2.05) is 60.7 Å². The summed E-state index contributed by atoms with van der Waals surface area (Å²) in [5.41, 5.74) is 1.55. The van der Waals surface area contributed by atoms with Crippen molar-refractivity contribution in [3.05, 3.63) is 83.9 Å². The number of hydrogen-bond donors (Lipinski definition) is 1. The summed E-state index contributed by atoms with van der Waals surface area (Å²) in [5, 5.41) is 5.13. The summed E-state index contributed by atoms with van der Waals surface area (Å²) in [6.45, 7) is 0. The predicted molar refractivity (Wildman–Crippen MR) is 104 cm³/mol. The minimum atomic E-state index is -0.917. The number of rotatable bonds is 6. The summed E-state index contributed by atoms with van der Waals surface area (Å²) in [6.07, 6.45) is 1.18. The molecule has 1 saturated carbocycles. The van der Waals surface area contributed by atoms with Crippen LogP contribution in [0.2, 0.25) is 0 Å². The van der Waals surface area contributed by atoms with Gasteiger partial charge in [-0.1, -0.05) is 72.8 Å². The molecule has 4 heteroatoms. The molecule has 1 fully saturated rings. The van der Waals surface area contributed by atoms with Crippen LogP contribution in [0.4, 0.5) is 0 Å². The summed E-state index contributed by atoms with van der Waals surface area (Å²) >= 11 is 0. The molecule has 0 aliphatic heterocycles. The van der Waals surface area contributed by atoms with E-state index < -0.39 is 12.1 Å². The van der Waals surface area contributed by atoms with Crippen molar-refractivity contribution < 1.29 is 14.3 Å². The maximum Gasteiger partial charge on any atom is 0.311 e. The second kappa shape index (κ2) is 7.62. The topological polar surface area (TPSA) is 55.4 Å². The number of amides is 1. The van der Waals surface area contributed by atoms with Gasteiger partial charge in [-0.15, -0.1) is 0 Å². The molecule has 0 aromatic heterocycles. The molecule has 0 spiro atoms. The number of ether oxygens (including phenoxy) is 1. The van der Waals surface area contributed by atoms with Crippen molar-refractivity contribution in [1.29, 1.82) is 0 Å². The maximum absolute atomic E-state index is 12.6. The molecular formula is C23H21NO3. The van der Waals surface area contributed by atoms with Gasteiger partial charge in [-0.05, 0) is 29.2 Å². The van der Waals surface area contributed by atoms with Gasteiger partial charge in [0.1, 0.15) is 0 Å². The van der Waals surface area contributed by atoms with Crippen LogP contribution < -0.4 is 5.32 Å². The first-order valence-corrected chi connectivity index (χ1v) is 9.21. The molecule has 0 saturated heterocycles. The molecule has 4 nitrogen and oxygen atoms in total. The lowest BCUT2D eigenvalue weighted by Gasteiger charge is -2.18. The number of benzene rings is 3. The van der Waals surface area contributed by atoms with E-state index in [2.05, 4.69) is 5.32 Å². The Kier molecular flexibility index (Phi) is 4.88. The molecule has 1 amide bonds. The van der Waals surface area contributed by atoms with Crippen LogP contribution in [0, 0.1) is 0 Å². The number of hydrogen-bond acceptors (Lipinski definition) is 3. The number of carbonyl (C=O) groups is 2.